The topological polar surface area (TPSA) is 22.0 Å². The molecule has 66 valence electrons. The van der Waals surface area contributed by atoms with Crippen LogP contribution in [0.25, 0.3) is 12.2 Å². The summed E-state index contributed by atoms with van der Waals surface area (Å²) < 4.78 is 1.64. The Morgan fingerprint density at radius 2 is 2.15 bits per heavy atom. The molecular weight excluding hydrogens is 162 g/mol. The molecule has 2 heteroatoms. The molecule has 2 nitrogen and oxygen atoms in total. The highest BCUT2D eigenvalue weighted by molar-refractivity contribution is 5.48. The summed E-state index contributed by atoms with van der Waals surface area (Å²) in [5.74, 6) is 1.38. The summed E-state index contributed by atoms with van der Waals surface area (Å²) in [6.45, 7) is 0. The van der Waals surface area contributed by atoms with Crippen LogP contribution in [0.2, 0.25) is 0 Å². The van der Waals surface area contributed by atoms with Crippen molar-refractivity contribution in [3.63, 3.8) is 0 Å². The van der Waals surface area contributed by atoms with Crippen LogP contribution in [0.5, 0.6) is 0 Å². The maximum Gasteiger partial charge on any atom is 0.257 e. The maximum atomic E-state index is 11.7. The number of hydrogen-bond donors (Lipinski definition) is 0. The van der Waals surface area contributed by atoms with E-state index in [1.807, 2.05) is 12.3 Å². The Kier molecular flexibility index (Phi) is 1.17. The van der Waals surface area contributed by atoms with Gasteiger partial charge in [0.25, 0.3) is 5.56 Å². The number of rotatable bonds is 0. The molecule has 2 atom stereocenters. The van der Waals surface area contributed by atoms with Crippen LogP contribution in [0, 0.1) is 11.8 Å². The maximum absolute atomic E-state index is 11.7. The van der Waals surface area contributed by atoms with Crippen molar-refractivity contribution in [2.45, 2.75) is 6.42 Å². The van der Waals surface area contributed by atoms with Crippen molar-refractivity contribution in [1.82, 2.24) is 4.57 Å². The zero-order valence-electron chi connectivity index (χ0n) is 7.53. The molecule has 3 rings (SSSR count). The fourth-order valence-corrected chi connectivity index (χ4v) is 2.04. The van der Waals surface area contributed by atoms with Crippen molar-refractivity contribution >= 4 is 12.2 Å². The number of nitrogens with zero attached hydrogens (tertiary/aromatic N) is 1. The third kappa shape index (κ3) is 0.916. The molecule has 0 radical (unpaired) electrons. The lowest BCUT2D eigenvalue weighted by Gasteiger charge is -2.00. The SMILES string of the molecule is Cn1ccc2c(c1=O)=CC1CC1C=2. The summed E-state index contributed by atoms with van der Waals surface area (Å²) in [7, 11) is 1.80. The lowest BCUT2D eigenvalue weighted by atomic mass is 10.1. The van der Waals surface area contributed by atoms with Crippen molar-refractivity contribution in [2.75, 3.05) is 0 Å². The average molecular weight is 173 g/mol. The highest BCUT2D eigenvalue weighted by Gasteiger charge is 2.34. The quantitative estimate of drug-likeness (QED) is 0.523. The van der Waals surface area contributed by atoms with E-state index in [1.54, 1.807) is 11.6 Å². The van der Waals surface area contributed by atoms with Gasteiger partial charge in [0.15, 0.2) is 0 Å². The van der Waals surface area contributed by atoms with Crippen molar-refractivity contribution in [1.29, 1.82) is 0 Å². The van der Waals surface area contributed by atoms with Crippen LogP contribution in [-0.4, -0.2) is 4.57 Å². The summed E-state index contributed by atoms with van der Waals surface area (Å²) in [6, 6.07) is 2.03. The van der Waals surface area contributed by atoms with E-state index in [1.165, 1.54) is 6.42 Å². The Balaban J connectivity index is 2.50. The number of aryl methyl sites for hydroxylation is 1. The van der Waals surface area contributed by atoms with Crippen LogP contribution in [0.3, 0.4) is 0 Å². The van der Waals surface area contributed by atoms with Gasteiger partial charge in [0.1, 0.15) is 0 Å². The molecule has 1 aromatic rings. The van der Waals surface area contributed by atoms with Crippen molar-refractivity contribution in [2.24, 2.45) is 18.9 Å². The molecule has 0 spiro atoms. The van der Waals surface area contributed by atoms with Gasteiger partial charge in [-0.25, -0.2) is 0 Å². The van der Waals surface area contributed by atoms with E-state index < -0.39 is 0 Å². The van der Waals surface area contributed by atoms with E-state index in [2.05, 4.69) is 12.2 Å². The van der Waals surface area contributed by atoms with Gasteiger partial charge in [-0.15, -0.1) is 0 Å². The molecule has 0 N–H and O–H groups in total. The van der Waals surface area contributed by atoms with Crippen LogP contribution in [0.15, 0.2) is 17.1 Å². The molecule has 13 heavy (non-hydrogen) atoms. The zero-order chi connectivity index (χ0) is 9.00. The molecule has 2 aliphatic carbocycles. The van der Waals surface area contributed by atoms with Crippen molar-refractivity contribution in [3.8, 4) is 0 Å². The zero-order valence-corrected chi connectivity index (χ0v) is 7.53. The van der Waals surface area contributed by atoms with Gasteiger partial charge in [-0.1, -0.05) is 12.2 Å². The Bertz CT molecular complexity index is 538. The molecular formula is C11H11NO. The van der Waals surface area contributed by atoms with E-state index >= 15 is 0 Å². The molecule has 0 aromatic carbocycles. The van der Waals surface area contributed by atoms with Crippen LogP contribution in [-0.2, 0) is 7.05 Å². The molecule has 1 saturated carbocycles. The Hall–Kier alpha value is -1.31. The second kappa shape index (κ2) is 2.13. The number of hydrogen-bond acceptors (Lipinski definition) is 1. The smallest absolute Gasteiger partial charge is 0.257 e. The van der Waals surface area contributed by atoms with Crippen molar-refractivity contribution in [3.05, 3.63) is 33.1 Å². The lowest BCUT2D eigenvalue weighted by molar-refractivity contribution is 0.841. The molecule has 0 saturated heterocycles. The summed E-state index contributed by atoms with van der Waals surface area (Å²) in [5, 5.41) is 2.03. The molecule has 2 aliphatic rings. The minimum absolute atomic E-state index is 0.138. The third-order valence-corrected chi connectivity index (χ3v) is 3.00. The number of aromatic nitrogens is 1. The average Bonchev–Trinajstić information content (AvgIpc) is 2.87. The first kappa shape index (κ1) is 7.13. The largest absolute Gasteiger partial charge is 0.318 e. The predicted molar refractivity (Wildman–Crippen MR) is 51.5 cm³/mol. The second-order valence-corrected chi connectivity index (χ2v) is 4.00. The number of pyridine rings is 1. The van der Waals surface area contributed by atoms with Gasteiger partial charge in [-0.05, 0) is 29.5 Å². The van der Waals surface area contributed by atoms with Crippen LogP contribution < -0.4 is 16.0 Å². The molecule has 0 aliphatic heterocycles. The second-order valence-electron chi connectivity index (χ2n) is 4.00. The van der Waals surface area contributed by atoms with Crippen LogP contribution >= 0.6 is 0 Å². The minimum Gasteiger partial charge on any atom is -0.318 e. The third-order valence-electron chi connectivity index (χ3n) is 3.00. The first-order valence-electron chi connectivity index (χ1n) is 4.65. The minimum atomic E-state index is 0.138. The van der Waals surface area contributed by atoms with E-state index in [0.29, 0.717) is 5.92 Å². The molecule has 0 bridgehead atoms. The Morgan fingerprint density at radius 3 is 3.00 bits per heavy atom. The first-order valence-corrected chi connectivity index (χ1v) is 4.65. The molecule has 0 amide bonds. The summed E-state index contributed by atoms with van der Waals surface area (Å²) in [6.07, 6.45) is 7.45. The Labute approximate surface area is 75.8 Å². The predicted octanol–water partition coefficient (Wildman–Crippen LogP) is -0.404. The van der Waals surface area contributed by atoms with E-state index in [4.69, 9.17) is 0 Å². The summed E-state index contributed by atoms with van der Waals surface area (Å²) in [4.78, 5) is 11.7. The Morgan fingerprint density at radius 1 is 1.38 bits per heavy atom. The fourth-order valence-electron chi connectivity index (χ4n) is 2.04. The van der Waals surface area contributed by atoms with Gasteiger partial charge in [0.05, 0.1) is 0 Å². The molecule has 1 aromatic heterocycles. The number of fused-ring (bicyclic) bond motifs is 2. The highest BCUT2D eigenvalue weighted by atomic mass is 16.1. The first-order chi connectivity index (χ1) is 6.25. The normalized spacial score (nSPS) is 28.1. The van der Waals surface area contributed by atoms with E-state index in [9.17, 15) is 4.79 Å². The van der Waals surface area contributed by atoms with Crippen LogP contribution in [0.1, 0.15) is 6.42 Å². The van der Waals surface area contributed by atoms with Crippen molar-refractivity contribution < 1.29 is 0 Å². The van der Waals surface area contributed by atoms with E-state index in [-0.39, 0.29) is 5.56 Å². The van der Waals surface area contributed by atoms with Gasteiger partial charge in [-0.3, -0.25) is 4.79 Å². The van der Waals surface area contributed by atoms with E-state index in [0.717, 1.165) is 16.4 Å². The monoisotopic (exact) mass is 173 g/mol. The molecule has 1 fully saturated rings. The van der Waals surface area contributed by atoms with Gasteiger partial charge < -0.3 is 4.57 Å². The van der Waals surface area contributed by atoms with Gasteiger partial charge in [0, 0.05) is 18.5 Å². The standard InChI is InChI=1S/C11H11NO/c1-12-3-2-7-4-8-5-9(8)6-10(7)11(12)13/h2-4,6,8-9H,5H2,1H3. The molecule has 2 unspecified atom stereocenters. The summed E-state index contributed by atoms with van der Waals surface area (Å²) >= 11 is 0. The fraction of sp³-hybridized carbons (Fsp3) is 0.364. The summed E-state index contributed by atoms with van der Waals surface area (Å²) in [5.41, 5.74) is 0.138. The van der Waals surface area contributed by atoms with Crippen LogP contribution in [0.4, 0.5) is 0 Å². The lowest BCUT2D eigenvalue weighted by Crippen LogP contribution is -2.44. The van der Waals surface area contributed by atoms with Gasteiger partial charge in [0.2, 0.25) is 0 Å². The van der Waals surface area contributed by atoms with Gasteiger partial charge >= 0.3 is 0 Å². The van der Waals surface area contributed by atoms with Gasteiger partial charge in [-0.2, -0.15) is 0 Å². The molecule has 1 heterocycles. The highest BCUT2D eigenvalue weighted by Crippen LogP contribution is 2.41.